The Morgan fingerprint density at radius 3 is 2.43 bits per heavy atom. The molecule has 6 heteroatoms. The molecule has 0 bridgehead atoms. The summed E-state index contributed by atoms with van der Waals surface area (Å²) >= 11 is 0. The first-order chi connectivity index (χ1) is 14.6. The number of para-hydroxylation sites is 1. The monoisotopic (exact) mass is 408 g/mol. The molecule has 2 saturated heterocycles. The molecule has 2 aliphatic rings. The molecule has 0 spiro atoms. The van der Waals surface area contributed by atoms with Crippen LogP contribution in [0.4, 0.5) is 0 Å². The minimum Gasteiger partial charge on any atom is -0.496 e. The Labute approximate surface area is 177 Å². The van der Waals surface area contributed by atoms with Gasteiger partial charge in [0.2, 0.25) is 5.91 Å². The van der Waals surface area contributed by atoms with Crippen molar-refractivity contribution in [3.8, 4) is 5.75 Å². The fourth-order valence-electron chi connectivity index (χ4n) is 4.96. The highest BCUT2D eigenvalue weighted by Crippen LogP contribution is 2.45. The Balaban J connectivity index is 1.56. The summed E-state index contributed by atoms with van der Waals surface area (Å²) in [4.78, 5) is 29.3. The number of hydrogen-bond donors (Lipinski definition) is 0. The maximum absolute atomic E-state index is 13.4. The van der Waals surface area contributed by atoms with Gasteiger partial charge in [0.05, 0.1) is 33.2 Å². The fraction of sp³-hybridized carbons (Fsp3) is 0.417. The molecule has 2 fully saturated rings. The number of fused-ring (bicyclic) bond motifs is 1. The molecule has 2 aliphatic heterocycles. The van der Waals surface area contributed by atoms with Crippen LogP contribution >= 0.6 is 0 Å². The highest BCUT2D eigenvalue weighted by molar-refractivity contribution is 5.80. The Morgan fingerprint density at radius 1 is 0.967 bits per heavy atom. The van der Waals surface area contributed by atoms with Crippen LogP contribution in [0, 0.1) is 11.8 Å². The van der Waals surface area contributed by atoms with E-state index in [0.717, 1.165) is 30.0 Å². The smallest absolute Gasteiger partial charge is 0.319 e. The molecular weight excluding hydrogens is 380 g/mol. The quantitative estimate of drug-likeness (QED) is 0.688. The molecule has 3 atom stereocenters. The van der Waals surface area contributed by atoms with E-state index < -0.39 is 0 Å². The molecular formula is C24H28N2O4. The number of amides is 1. The summed E-state index contributed by atoms with van der Waals surface area (Å²) in [5, 5.41) is 0. The van der Waals surface area contributed by atoms with E-state index in [2.05, 4.69) is 17.0 Å². The summed E-state index contributed by atoms with van der Waals surface area (Å²) in [5.74, 6) is 1.29. The van der Waals surface area contributed by atoms with Gasteiger partial charge in [0.1, 0.15) is 5.75 Å². The minimum absolute atomic E-state index is 0.0149. The number of hydrogen-bond acceptors (Lipinski definition) is 5. The van der Waals surface area contributed by atoms with E-state index in [1.54, 1.807) is 7.11 Å². The van der Waals surface area contributed by atoms with Crippen LogP contribution in [0.2, 0.25) is 0 Å². The number of carbonyl (C=O) groups is 2. The second-order valence-electron chi connectivity index (χ2n) is 8.08. The van der Waals surface area contributed by atoms with Gasteiger partial charge in [-0.15, -0.1) is 0 Å². The normalized spacial score (nSPS) is 23.3. The number of esters is 1. The van der Waals surface area contributed by atoms with Gasteiger partial charge in [0, 0.05) is 31.1 Å². The maximum Gasteiger partial charge on any atom is 0.319 e. The van der Waals surface area contributed by atoms with Crippen molar-refractivity contribution in [2.24, 2.45) is 11.8 Å². The number of ether oxygens (including phenoxy) is 2. The molecule has 0 aromatic heterocycles. The van der Waals surface area contributed by atoms with Gasteiger partial charge in [-0.1, -0.05) is 48.5 Å². The molecule has 0 N–H and O–H groups in total. The lowest BCUT2D eigenvalue weighted by Gasteiger charge is -2.30. The zero-order valence-corrected chi connectivity index (χ0v) is 17.5. The van der Waals surface area contributed by atoms with Crippen LogP contribution in [0.15, 0.2) is 54.6 Å². The number of likely N-dealkylation sites (tertiary alicyclic amines) is 2. The van der Waals surface area contributed by atoms with E-state index in [1.807, 2.05) is 47.4 Å². The van der Waals surface area contributed by atoms with E-state index in [9.17, 15) is 9.59 Å². The third kappa shape index (κ3) is 4.05. The van der Waals surface area contributed by atoms with Gasteiger partial charge in [-0.05, 0) is 17.5 Å². The molecule has 2 aromatic rings. The van der Waals surface area contributed by atoms with Gasteiger partial charge in [0.15, 0.2) is 0 Å². The molecule has 0 aliphatic carbocycles. The molecule has 0 saturated carbocycles. The minimum atomic E-state index is -0.213. The van der Waals surface area contributed by atoms with Crippen LogP contribution in [-0.2, 0) is 20.7 Å². The standard InChI is InChI=1S/C24H28N2O4/c1-29-21-11-7-6-10-18(21)12-22(27)26-14-19-13-25(16-23(28)30-2)15-20(19)24(26)17-8-4-3-5-9-17/h3-11,19-20,24H,12-16H2,1-2H3/t19-,20-,24+/m0/s1. The summed E-state index contributed by atoms with van der Waals surface area (Å²) in [6.45, 7) is 2.61. The number of carbonyl (C=O) groups excluding carboxylic acids is 2. The van der Waals surface area contributed by atoms with Gasteiger partial charge in [-0.3, -0.25) is 14.5 Å². The molecule has 2 heterocycles. The molecule has 1 amide bonds. The number of benzene rings is 2. The first-order valence-electron chi connectivity index (χ1n) is 10.4. The van der Waals surface area contributed by atoms with Crippen molar-refractivity contribution in [1.29, 1.82) is 0 Å². The summed E-state index contributed by atoms with van der Waals surface area (Å²) in [5.41, 5.74) is 2.06. The molecule has 4 rings (SSSR count). The van der Waals surface area contributed by atoms with Crippen molar-refractivity contribution in [2.45, 2.75) is 12.5 Å². The lowest BCUT2D eigenvalue weighted by Crippen LogP contribution is -2.37. The highest BCUT2D eigenvalue weighted by atomic mass is 16.5. The van der Waals surface area contributed by atoms with Gasteiger partial charge < -0.3 is 14.4 Å². The molecule has 2 aromatic carbocycles. The average Bonchev–Trinajstić information content (AvgIpc) is 3.31. The van der Waals surface area contributed by atoms with Gasteiger partial charge in [0.25, 0.3) is 0 Å². The zero-order chi connectivity index (χ0) is 21.1. The Bertz CT molecular complexity index is 901. The number of rotatable bonds is 6. The first kappa shape index (κ1) is 20.4. The van der Waals surface area contributed by atoms with Crippen molar-refractivity contribution >= 4 is 11.9 Å². The Hall–Kier alpha value is -2.86. The van der Waals surface area contributed by atoms with Crippen molar-refractivity contribution in [3.63, 3.8) is 0 Å². The zero-order valence-electron chi connectivity index (χ0n) is 17.5. The van der Waals surface area contributed by atoms with E-state index in [1.165, 1.54) is 7.11 Å². The van der Waals surface area contributed by atoms with Crippen LogP contribution in [0.25, 0.3) is 0 Å². The van der Waals surface area contributed by atoms with E-state index in [-0.39, 0.29) is 17.9 Å². The topological polar surface area (TPSA) is 59.1 Å². The third-order valence-electron chi connectivity index (χ3n) is 6.32. The second kappa shape index (κ2) is 8.88. The Morgan fingerprint density at radius 2 is 1.70 bits per heavy atom. The van der Waals surface area contributed by atoms with Crippen LogP contribution in [-0.4, -0.2) is 62.1 Å². The molecule has 0 radical (unpaired) electrons. The Kier molecular flexibility index (Phi) is 6.04. The first-order valence-corrected chi connectivity index (χ1v) is 10.4. The van der Waals surface area contributed by atoms with Crippen molar-refractivity contribution in [3.05, 3.63) is 65.7 Å². The maximum atomic E-state index is 13.4. The average molecular weight is 408 g/mol. The third-order valence-corrected chi connectivity index (χ3v) is 6.32. The van der Waals surface area contributed by atoms with Crippen molar-refractivity contribution < 1.29 is 19.1 Å². The van der Waals surface area contributed by atoms with Gasteiger partial charge in [-0.25, -0.2) is 0 Å². The van der Waals surface area contributed by atoms with Gasteiger partial charge >= 0.3 is 5.97 Å². The summed E-state index contributed by atoms with van der Waals surface area (Å²) in [6, 6.07) is 17.9. The summed E-state index contributed by atoms with van der Waals surface area (Å²) < 4.78 is 10.3. The highest BCUT2D eigenvalue weighted by Gasteiger charge is 2.49. The van der Waals surface area contributed by atoms with E-state index in [4.69, 9.17) is 9.47 Å². The predicted molar refractivity (Wildman–Crippen MR) is 113 cm³/mol. The van der Waals surface area contributed by atoms with Crippen LogP contribution in [0.5, 0.6) is 5.75 Å². The van der Waals surface area contributed by atoms with Crippen LogP contribution in [0.3, 0.4) is 0 Å². The van der Waals surface area contributed by atoms with E-state index >= 15 is 0 Å². The van der Waals surface area contributed by atoms with Gasteiger partial charge in [-0.2, -0.15) is 0 Å². The van der Waals surface area contributed by atoms with Crippen LogP contribution < -0.4 is 4.74 Å². The molecule has 6 nitrogen and oxygen atoms in total. The van der Waals surface area contributed by atoms with Crippen molar-refractivity contribution in [1.82, 2.24) is 9.80 Å². The SMILES string of the molecule is COC(=O)CN1C[C@H]2CN(C(=O)Cc3ccccc3OC)[C@H](c3ccccc3)[C@H]2C1. The molecule has 158 valence electrons. The summed E-state index contributed by atoms with van der Waals surface area (Å²) in [7, 11) is 3.05. The predicted octanol–water partition coefficient (Wildman–Crippen LogP) is 2.54. The second-order valence-corrected chi connectivity index (χ2v) is 8.08. The molecule has 30 heavy (non-hydrogen) atoms. The number of nitrogens with zero attached hydrogens (tertiary/aromatic N) is 2. The lowest BCUT2D eigenvalue weighted by atomic mass is 9.89. The fourth-order valence-corrected chi connectivity index (χ4v) is 4.96. The van der Waals surface area contributed by atoms with E-state index in [0.29, 0.717) is 31.3 Å². The lowest BCUT2D eigenvalue weighted by molar-refractivity contribution is -0.142. The largest absolute Gasteiger partial charge is 0.496 e. The van der Waals surface area contributed by atoms with Crippen LogP contribution in [0.1, 0.15) is 17.2 Å². The van der Waals surface area contributed by atoms with Crippen molar-refractivity contribution in [2.75, 3.05) is 40.4 Å². The number of methoxy groups -OCH3 is 2. The molecule has 0 unspecified atom stereocenters. The summed E-state index contributed by atoms with van der Waals surface area (Å²) in [6.07, 6.45) is 0.318.